The molecule has 160 valence electrons. The monoisotopic (exact) mass is 452 g/mol. The summed E-state index contributed by atoms with van der Waals surface area (Å²) in [6, 6.07) is 6.58. The molecule has 2 aromatic rings. The molecule has 1 aliphatic heterocycles. The Labute approximate surface area is 181 Å². The van der Waals surface area contributed by atoms with Crippen LogP contribution in [0.2, 0.25) is 5.02 Å². The summed E-state index contributed by atoms with van der Waals surface area (Å²) < 4.78 is 7.10. The van der Waals surface area contributed by atoms with Gasteiger partial charge in [0.1, 0.15) is 10.6 Å². The van der Waals surface area contributed by atoms with Crippen LogP contribution in [0.3, 0.4) is 0 Å². The smallest absolute Gasteiger partial charge is 0.333 e. The van der Waals surface area contributed by atoms with E-state index in [0.29, 0.717) is 37.0 Å². The number of carbonyl (C=O) groups excluding carboxylic acids is 1. The molecule has 0 bridgehead atoms. The summed E-state index contributed by atoms with van der Waals surface area (Å²) in [6.45, 7) is 1.94. The van der Waals surface area contributed by atoms with E-state index in [-0.39, 0.29) is 22.3 Å². The van der Waals surface area contributed by atoms with Crippen LogP contribution >= 0.6 is 23.4 Å². The predicted molar refractivity (Wildman–Crippen MR) is 116 cm³/mol. The summed E-state index contributed by atoms with van der Waals surface area (Å²) in [7, 11) is 2.67. The topological polar surface area (TPSA) is 106 Å². The highest BCUT2D eigenvalue weighted by molar-refractivity contribution is 8.15. The van der Waals surface area contributed by atoms with Gasteiger partial charge >= 0.3 is 5.69 Å². The highest BCUT2D eigenvalue weighted by Crippen LogP contribution is 2.24. The Balaban J connectivity index is 2.00. The van der Waals surface area contributed by atoms with Crippen LogP contribution in [0.4, 0.5) is 5.69 Å². The average molecular weight is 453 g/mol. The van der Waals surface area contributed by atoms with Crippen molar-refractivity contribution in [3.05, 3.63) is 55.7 Å². The van der Waals surface area contributed by atoms with E-state index in [0.717, 1.165) is 20.9 Å². The number of nitrogens with zero attached hydrogens (tertiary/aromatic N) is 4. The molecule has 3 rings (SSSR count). The van der Waals surface area contributed by atoms with Gasteiger partial charge in [-0.3, -0.25) is 18.7 Å². The van der Waals surface area contributed by atoms with Gasteiger partial charge in [0.2, 0.25) is 11.8 Å². The van der Waals surface area contributed by atoms with Gasteiger partial charge in [-0.05, 0) is 24.3 Å². The number of carbonyl (C=O) groups is 1. The van der Waals surface area contributed by atoms with Crippen molar-refractivity contribution in [2.75, 3.05) is 32.1 Å². The van der Waals surface area contributed by atoms with E-state index >= 15 is 0 Å². The Bertz CT molecular complexity index is 1090. The van der Waals surface area contributed by atoms with Gasteiger partial charge in [-0.25, -0.2) is 9.79 Å². The van der Waals surface area contributed by atoms with Crippen molar-refractivity contribution in [1.82, 2.24) is 14.0 Å². The van der Waals surface area contributed by atoms with Crippen LogP contribution in [-0.4, -0.2) is 62.1 Å². The molecule has 11 heteroatoms. The number of ether oxygens (including phenoxy) is 1. The number of benzene rings is 1. The first-order chi connectivity index (χ1) is 14.3. The van der Waals surface area contributed by atoms with Crippen molar-refractivity contribution in [2.24, 2.45) is 19.1 Å². The number of hydrogen-bond acceptors (Lipinski definition) is 7. The van der Waals surface area contributed by atoms with Gasteiger partial charge < -0.3 is 14.7 Å². The van der Waals surface area contributed by atoms with E-state index in [1.807, 2.05) is 0 Å². The highest BCUT2D eigenvalue weighted by atomic mass is 35.5. The summed E-state index contributed by atoms with van der Waals surface area (Å²) in [4.78, 5) is 43.5. The minimum Gasteiger partial charge on any atom is -0.494 e. The lowest BCUT2D eigenvalue weighted by atomic mass is 10.3. The molecule has 1 amide bonds. The number of halogens is 1. The van der Waals surface area contributed by atoms with Crippen molar-refractivity contribution in [3.8, 4) is 5.88 Å². The normalized spacial score (nSPS) is 14.8. The van der Waals surface area contributed by atoms with Gasteiger partial charge in [-0.2, -0.15) is 0 Å². The molecule has 0 spiro atoms. The molecule has 0 aliphatic carbocycles. The van der Waals surface area contributed by atoms with E-state index in [2.05, 4.69) is 4.99 Å². The minimum absolute atomic E-state index is 0.0118. The van der Waals surface area contributed by atoms with Gasteiger partial charge in [-0.1, -0.05) is 23.4 Å². The SMILES string of the molecule is Cn1c(O)c(C(=Nc2ccc(Cl)cc2)SCC(=O)N2CCOCC2)c(=O)n(C)c1=O. The fourth-order valence-corrected chi connectivity index (χ4v) is 3.91. The number of amides is 1. The van der Waals surface area contributed by atoms with Crippen LogP contribution in [0.25, 0.3) is 0 Å². The molecule has 1 N–H and O–H groups in total. The van der Waals surface area contributed by atoms with Gasteiger partial charge in [0.05, 0.1) is 24.7 Å². The van der Waals surface area contributed by atoms with Crippen LogP contribution in [0.15, 0.2) is 38.8 Å². The molecular formula is C19H21ClN4O5S. The van der Waals surface area contributed by atoms with Gasteiger partial charge in [-0.15, -0.1) is 0 Å². The summed E-state index contributed by atoms with van der Waals surface area (Å²) in [6.07, 6.45) is 0. The molecule has 0 saturated carbocycles. The van der Waals surface area contributed by atoms with Crippen LogP contribution in [-0.2, 0) is 23.6 Å². The third kappa shape index (κ3) is 4.77. The molecule has 0 unspecified atom stereocenters. The molecule has 1 aromatic heterocycles. The zero-order valence-corrected chi connectivity index (χ0v) is 18.1. The van der Waals surface area contributed by atoms with Crippen LogP contribution in [0.5, 0.6) is 5.88 Å². The fraction of sp³-hybridized carbons (Fsp3) is 0.368. The van der Waals surface area contributed by atoms with E-state index in [1.165, 1.54) is 14.1 Å². The number of aromatic hydroxyl groups is 1. The molecule has 9 nitrogen and oxygen atoms in total. The Morgan fingerprint density at radius 3 is 2.43 bits per heavy atom. The van der Waals surface area contributed by atoms with Crippen LogP contribution in [0.1, 0.15) is 5.56 Å². The molecule has 1 fully saturated rings. The van der Waals surface area contributed by atoms with Crippen molar-refractivity contribution in [2.45, 2.75) is 0 Å². The lowest BCUT2D eigenvalue weighted by Crippen LogP contribution is -2.42. The van der Waals surface area contributed by atoms with Gasteiger partial charge in [0.15, 0.2) is 0 Å². The number of aromatic nitrogens is 2. The second kappa shape index (κ2) is 9.50. The lowest BCUT2D eigenvalue weighted by molar-refractivity contribution is -0.132. The molecule has 0 atom stereocenters. The van der Waals surface area contributed by atoms with Crippen molar-refractivity contribution in [1.29, 1.82) is 0 Å². The Morgan fingerprint density at radius 1 is 1.17 bits per heavy atom. The summed E-state index contributed by atoms with van der Waals surface area (Å²) in [5, 5.41) is 11.2. The number of rotatable bonds is 4. The van der Waals surface area contributed by atoms with Gasteiger partial charge in [0, 0.05) is 32.2 Å². The molecule has 0 radical (unpaired) electrons. The highest BCUT2D eigenvalue weighted by Gasteiger charge is 2.23. The lowest BCUT2D eigenvalue weighted by Gasteiger charge is -2.26. The second-order valence-corrected chi connectivity index (χ2v) is 7.98. The number of aliphatic imine (C=N–C) groups is 1. The summed E-state index contributed by atoms with van der Waals surface area (Å²) in [5.74, 6) is -0.631. The first-order valence-corrected chi connectivity index (χ1v) is 10.5. The average Bonchev–Trinajstić information content (AvgIpc) is 2.76. The van der Waals surface area contributed by atoms with Crippen molar-refractivity contribution in [3.63, 3.8) is 0 Å². The number of thioether (sulfide) groups is 1. The first-order valence-electron chi connectivity index (χ1n) is 9.11. The third-order valence-electron chi connectivity index (χ3n) is 4.60. The van der Waals surface area contributed by atoms with E-state index in [9.17, 15) is 19.5 Å². The predicted octanol–water partition coefficient (Wildman–Crippen LogP) is 1.11. The molecule has 1 aliphatic rings. The van der Waals surface area contributed by atoms with E-state index in [1.54, 1.807) is 29.2 Å². The Hall–Kier alpha value is -2.56. The molecule has 1 saturated heterocycles. The summed E-state index contributed by atoms with van der Waals surface area (Å²) >= 11 is 6.94. The molecule has 2 heterocycles. The van der Waals surface area contributed by atoms with E-state index < -0.39 is 17.1 Å². The minimum atomic E-state index is -0.699. The molecular weight excluding hydrogens is 432 g/mol. The second-order valence-electron chi connectivity index (χ2n) is 6.58. The van der Waals surface area contributed by atoms with Crippen LogP contribution in [0, 0.1) is 0 Å². The Kier molecular flexibility index (Phi) is 7.01. The maximum absolute atomic E-state index is 12.8. The number of hydrogen-bond donors (Lipinski definition) is 1. The maximum atomic E-state index is 12.8. The summed E-state index contributed by atoms with van der Waals surface area (Å²) in [5.41, 5.74) is -1.03. The quantitative estimate of drug-likeness (QED) is 0.550. The fourth-order valence-electron chi connectivity index (χ4n) is 2.85. The van der Waals surface area contributed by atoms with Crippen molar-refractivity contribution < 1.29 is 14.6 Å². The zero-order chi connectivity index (χ0) is 21.8. The zero-order valence-electron chi connectivity index (χ0n) is 16.5. The largest absolute Gasteiger partial charge is 0.494 e. The standard InChI is InChI=1S/C19H21ClN4O5S/c1-22-17(26)15(18(27)23(2)19(22)28)16(21-13-5-3-12(20)4-6-13)30-11-14(25)24-7-9-29-10-8-24/h3-6,26H,7-11H2,1-2H3. The Morgan fingerprint density at radius 2 is 1.80 bits per heavy atom. The molecule has 1 aromatic carbocycles. The van der Waals surface area contributed by atoms with Gasteiger partial charge in [0.25, 0.3) is 5.56 Å². The maximum Gasteiger partial charge on any atom is 0.333 e. The van der Waals surface area contributed by atoms with E-state index in [4.69, 9.17) is 16.3 Å². The van der Waals surface area contributed by atoms with Crippen LogP contribution < -0.4 is 11.2 Å². The first kappa shape index (κ1) is 22.1. The van der Waals surface area contributed by atoms with Crippen molar-refractivity contribution >= 4 is 40.0 Å². The molecule has 30 heavy (non-hydrogen) atoms. The number of morpholine rings is 1. The third-order valence-corrected chi connectivity index (χ3v) is 5.81.